The van der Waals surface area contributed by atoms with Crippen molar-refractivity contribution in [2.24, 2.45) is 0 Å². The lowest BCUT2D eigenvalue weighted by Crippen LogP contribution is -2.45. The second kappa shape index (κ2) is 8.35. The van der Waals surface area contributed by atoms with Crippen LogP contribution in [0.5, 0.6) is 11.5 Å². The topological polar surface area (TPSA) is 60.0 Å². The Bertz CT molecular complexity index is 538. The number of morpholine rings is 1. The van der Waals surface area contributed by atoms with Gasteiger partial charge < -0.3 is 24.4 Å². The number of hydrogen-bond acceptors (Lipinski definition) is 5. The molecule has 2 saturated heterocycles. The third kappa shape index (κ3) is 4.39. The number of nitrogens with zero attached hydrogens (tertiary/aromatic N) is 1. The van der Waals surface area contributed by atoms with Gasteiger partial charge in [-0.1, -0.05) is 12.1 Å². The van der Waals surface area contributed by atoms with Crippen molar-refractivity contribution in [3.8, 4) is 11.5 Å². The lowest BCUT2D eigenvalue weighted by atomic mass is 10.1. The maximum absolute atomic E-state index is 12.4. The monoisotopic (exact) mass is 334 g/mol. The van der Waals surface area contributed by atoms with Gasteiger partial charge in [0.05, 0.1) is 26.2 Å². The predicted octanol–water partition coefficient (Wildman–Crippen LogP) is 1.44. The third-order valence-corrected chi connectivity index (χ3v) is 4.56. The van der Waals surface area contributed by atoms with Gasteiger partial charge in [0.1, 0.15) is 6.10 Å². The minimum absolute atomic E-state index is 0.00815. The first-order valence-electron chi connectivity index (χ1n) is 8.66. The Labute approximate surface area is 143 Å². The Balaban J connectivity index is 1.46. The van der Waals surface area contributed by atoms with Gasteiger partial charge in [-0.15, -0.1) is 0 Å². The summed E-state index contributed by atoms with van der Waals surface area (Å²) < 4.78 is 17.0. The second-order valence-corrected chi connectivity index (χ2v) is 6.25. The fraction of sp³-hybridized carbons (Fsp3) is 0.611. The summed E-state index contributed by atoms with van der Waals surface area (Å²) in [5, 5.41) is 3.26. The first-order valence-corrected chi connectivity index (χ1v) is 8.66. The number of carbonyl (C=O) groups is 1. The van der Waals surface area contributed by atoms with Gasteiger partial charge in [-0.3, -0.25) is 4.79 Å². The zero-order valence-corrected chi connectivity index (χ0v) is 14.2. The smallest absolute Gasteiger partial charge is 0.225 e. The van der Waals surface area contributed by atoms with Gasteiger partial charge in [0, 0.05) is 39.0 Å². The summed E-state index contributed by atoms with van der Waals surface area (Å²) in [6, 6.07) is 7.68. The van der Waals surface area contributed by atoms with Crippen LogP contribution < -0.4 is 14.8 Å². The normalized spacial score (nSPS) is 22.2. The maximum atomic E-state index is 12.4. The largest absolute Gasteiger partial charge is 0.493 e. The molecule has 0 aliphatic carbocycles. The van der Waals surface area contributed by atoms with Gasteiger partial charge in [-0.25, -0.2) is 0 Å². The molecule has 0 aromatic heterocycles. The molecule has 2 aliphatic rings. The zero-order valence-electron chi connectivity index (χ0n) is 14.2. The molecule has 1 unspecified atom stereocenters. The summed E-state index contributed by atoms with van der Waals surface area (Å²) in [5.74, 6) is 1.70. The standard InChI is InChI=1S/C18H26N2O4/c1-22-16-4-2-3-5-17(16)24-14-6-9-20(10-7-14)18(21)12-15-13-19-8-11-23-15/h2-5,14-15,19H,6-13H2,1H3. The Morgan fingerprint density at radius 3 is 2.71 bits per heavy atom. The fourth-order valence-electron chi connectivity index (χ4n) is 3.19. The molecule has 0 saturated carbocycles. The van der Waals surface area contributed by atoms with E-state index in [9.17, 15) is 4.79 Å². The molecular weight excluding hydrogens is 308 g/mol. The van der Waals surface area contributed by atoms with Crippen LogP contribution in [0.25, 0.3) is 0 Å². The number of likely N-dealkylation sites (tertiary alicyclic amines) is 1. The Hall–Kier alpha value is -1.79. The molecule has 2 fully saturated rings. The number of nitrogens with one attached hydrogen (secondary N) is 1. The highest BCUT2D eigenvalue weighted by atomic mass is 16.5. The highest BCUT2D eigenvalue weighted by Gasteiger charge is 2.27. The minimum atomic E-state index is 0.00815. The summed E-state index contributed by atoms with van der Waals surface area (Å²) >= 11 is 0. The SMILES string of the molecule is COc1ccccc1OC1CCN(C(=O)CC2CNCCO2)CC1. The summed E-state index contributed by atoms with van der Waals surface area (Å²) in [7, 11) is 1.64. The van der Waals surface area contributed by atoms with Crippen molar-refractivity contribution in [3.63, 3.8) is 0 Å². The molecule has 6 nitrogen and oxygen atoms in total. The van der Waals surface area contributed by atoms with Gasteiger partial charge in [-0.2, -0.15) is 0 Å². The minimum Gasteiger partial charge on any atom is -0.493 e. The van der Waals surface area contributed by atoms with Crippen molar-refractivity contribution in [1.82, 2.24) is 10.2 Å². The number of piperidine rings is 1. The van der Waals surface area contributed by atoms with Crippen LogP contribution in [0.1, 0.15) is 19.3 Å². The molecule has 24 heavy (non-hydrogen) atoms. The van der Waals surface area contributed by atoms with Crippen molar-refractivity contribution in [3.05, 3.63) is 24.3 Å². The van der Waals surface area contributed by atoms with Gasteiger partial charge in [0.25, 0.3) is 0 Å². The van der Waals surface area contributed by atoms with Crippen LogP contribution in [0.15, 0.2) is 24.3 Å². The number of carbonyl (C=O) groups excluding carboxylic acids is 1. The first kappa shape index (κ1) is 17.0. The van der Waals surface area contributed by atoms with Crippen LogP contribution in [0, 0.1) is 0 Å². The van der Waals surface area contributed by atoms with Crippen LogP contribution >= 0.6 is 0 Å². The molecular formula is C18H26N2O4. The number of benzene rings is 1. The number of methoxy groups -OCH3 is 1. The van der Waals surface area contributed by atoms with Crippen molar-refractivity contribution in [1.29, 1.82) is 0 Å². The predicted molar refractivity (Wildman–Crippen MR) is 90.5 cm³/mol. The van der Waals surface area contributed by atoms with E-state index in [1.807, 2.05) is 29.2 Å². The Kier molecular flexibility index (Phi) is 5.93. The van der Waals surface area contributed by atoms with E-state index in [1.165, 1.54) is 0 Å². The van der Waals surface area contributed by atoms with E-state index < -0.39 is 0 Å². The van der Waals surface area contributed by atoms with E-state index in [0.717, 1.165) is 50.5 Å². The summed E-state index contributed by atoms with van der Waals surface area (Å²) in [4.78, 5) is 14.3. The maximum Gasteiger partial charge on any atom is 0.225 e. The molecule has 3 rings (SSSR count). The molecule has 0 radical (unpaired) electrons. The third-order valence-electron chi connectivity index (χ3n) is 4.56. The van der Waals surface area contributed by atoms with Gasteiger partial charge in [-0.05, 0) is 12.1 Å². The van der Waals surface area contributed by atoms with Crippen LogP contribution in [-0.4, -0.2) is 62.9 Å². The molecule has 6 heteroatoms. The van der Waals surface area contributed by atoms with E-state index in [0.29, 0.717) is 13.0 Å². The van der Waals surface area contributed by atoms with Crippen molar-refractivity contribution < 1.29 is 19.0 Å². The van der Waals surface area contributed by atoms with Crippen LogP contribution in [0.2, 0.25) is 0 Å². The highest BCUT2D eigenvalue weighted by molar-refractivity contribution is 5.76. The Morgan fingerprint density at radius 1 is 1.29 bits per heavy atom. The van der Waals surface area contributed by atoms with Crippen LogP contribution in [0.3, 0.4) is 0 Å². The second-order valence-electron chi connectivity index (χ2n) is 6.25. The van der Waals surface area contributed by atoms with E-state index in [4.69, 9.17) is 14.2 Å². The number of ether oxygens (including phenoxy) is 3. The fourth-order valence-corrected chi connectivity index (χ4v) is 3.19. The van der Waals surface area contributed by atoms with Gasteiger partial charge >= 0.3 is 0 Å². The summed E-state index contributed by atoms with van der Waals surface area (Å²) in [6.07, 6.45) is 2.28. The molecule has 2 heterocycles. The zero-order chi connectivity index (χ0) is 16.8. The number of para-hydroxylation sites is 2. The number of amides is 1. The quantitative estimate of drug-likeness (QED) is 0.883. The molecule has 0 bridgehead atoms. The lowest BCUT2D eigenvalue weighted by Gasteiger charge is -2.33. The number of rotatable bonds is 5. The molecule has 1 amide bonds. The molecule has 1 aromatic carbocycles. The van der Waals surface area contributed by atoms with Gasteiger partial charge in [0.15, 0.2) is 11.5 Å². The summed E-state index contributed by atoms with van der Waals surface area (Å²) in [5.41, 5.74) is 0. The van der Waals surface area contributed by atoms with Crippen LogP contribution in [-0.2, 0) is 9.53 Å². The van der Waals surface area contributed by atoms with E-state index in [-0.39, 0.29) is 18.1 Å². The number of hydrogen-bond donors (Lipinski definition) is 1. The van der Waals surface area contributed by atoms with E-state index in [1.54, 1.807) is 7.11 Å². The average Bonchev–Trinajstić information content (AvgIpc) is 2.63. The molecule has 2 aliphatic heterocycles. The molecule has 1 aromatic rings. The van der Waals surface area contributed by atoms with Crippen molar-refractivity contribution in [2.75, 3.05) is 39.9 Å². The Morgan fingerprint density at radius 2 is 2.04 bits per heavy atom. The molecule has 132 valence electrons. The molecule has 1 atom stereocenters. The van der Waals surface area contributed by atoms with E-state index >= 15 is 0 Å². The lowest BCUT2D eigenvalue weighted by molar-refractivity contribution is -0.136. The van der Waals surface area contributed by atoms with Crippen molar-refractivity contribution >= 4 is 5.91 Å². The average molecular weight is 334 g/mol. The van der Waals surface area contributed by atoms with Crippen molar-refractivity contribution in [2.45, 2.75) is 31.5 Å². The molecule has 0 spiro atoms. The summed E-state index contributed by atoms with van der Waals surface area (Å²) in [6.45, 7) is 3.79. The molecule has 1 N–H and O–H groups in total. The van der Waals surface area contributed by atoms with Crippen LogP contribution in [0.4, 0.5) is 0 Å². The van der Waals surface area contributed by atoms with Gasteiger partial charge in [0.2, 0.25) is 5.91 Å². The van der Waals surface area contributed by atoms with E-state index in [2.05, 4.69) is 5.32 Å². The first-order chi connectivity index (χ1) is 11.8. The highest BCUT2D eigenvalue weighted by Crippen LogP contribution is 2.29.